The van der Waals surface area contributed by atoms with Gasteiger partial charge in [-0.2, -0.15) is 0 Å². The first-order chi connectivity index (χ1) is 8.58. The Balaban J connectivity index is 2.22. The molecule has 0 radical (unpaired) electrons. The Bertz CT molecular complexity index is 560. The minimum absolute atomic E-state index is 0.382. The lowest BCUT2D eigenvalue weighted by Crippen LogP contribution is -2.05. The second-order valence-electron chi connectivity index (χ2n) is 3.96. The summed E-state index contributed by atoms with van der Waals surface area (Å²) in [5.74, 6) is 0. The number of anilines is 1. The summed E-state index contributed by atoms with van der Waals surface area (Å²) >= 11 is 11.8. The number of nitrogens with zero attached hydrogens (tertiary/aromatic N) is 1. The van der Waals surface area contributed by atoms with Crippen molar-refractivity contribution in [2.75, 3.05) is 5.73 Å². The number of nitrogen functional groups attached to an aromatic ring is 1. The van der Waals surface area contributed by atoms with Gasteiger partial charge in [0.1, 0.15) is 0 Å². The third-order valence-electron chi connectivity index (χ3n) is 2.68. The minimum atomic E-state index is -0.720. The quantitative estimate of drug-likeness (QED) is 0.850. The molecule has 1 aromatic heterocycles. The first kappa shape index (κ1) is 13.1. The van der Waals surface area contributed by atoms with E-state index in [2.05, 4.69) is 4.98 Å². The van der Waals surface area contributed by atoms with E-state index in [9.17, 15) is 5.11 Å². The number of aliphatic hydroxyl groups excluding tert-OH is 1. The SMILES string of the molecule is Nc1cc(Cl)ccc1C(O)Cc1ccncc1Cl. The van der Waals surface area contributed by atoms with E-state index in [1.807, 2.05) is 0 Å². The molecule has 0 amide bonds. The van der Waals surface area contributed by atoms with E-state index in [1.165, 1.54) is 0 Å². The van der Waals surface area contributed by atoms with Gasteiger partial charge in [-0.3, -0.25) is 4.98 Å². The lowest BCUT2D eigenvalue weighted by molar-refractivity contribution is 0.179. The van der Waals surface area contributed by atoms with Crippen LogP contribution >= 0.6 is 23.2 Å². The van der Waals surface area contributed by atoms with Gasteiger partial charge in [0.2, 0.25) is 0 Å². The molecule has 5 heteroatoms. The van der Waals surface area contributed by atoms with Crippen molar-refractivity contribution in [1.29, 1.82) is 0 Å². The maximum absolute atomic E-state index is 10.2. The van der Waals surface area contributed by atoms with Gasteiger partial charge >= 0.3 is 0 Å². The van der Waals surface area contributed by atoms with Crippen LogP contribution in [-0.2, 0) is 6.42 Å². The van der Waals surface area contributed by atoms with E-state index < -0.39 is 6.10 Å². The van der Waals surface area contributed by atoms with Gasteiger partial charge in [0.25, 0.3) is 0 Å². The topological polar surface area (TPSA) is 59.1 Å². The molecule has 94 valence electrons. The molecule has 0 fully saturated rings. The maximum atomic E-state index is 10.2. The number of rotatable bonds is 3. The molecule has 0 aliphatic heterocycles. The first-order valence-electron chi connectivity index (χ1n) is 5.39. The van der Waals surface area contributed by atoms with Crippen LogP contribution in [0.2, 0.25) is 10.0 Å². The standard InChI is InChI=1S/C13H12Cl2N2O/c14-9-1-2-10(12(16)6-9)13(18)5-8-3-4-17-7-11(8)15/h1-4,6-7,13,18H,5,16H2. The molecule has 3 nitrogen and oxygen atoms in total. The maximum Gasteiger partial charge on any atom is 0.0850 e. The Morgan fingerprint density at radius 2 is 2.06 bits per heavy atom. The highest BCUT2D eigenvalue weighted by Crippen LogP contribution is 2.28. The largest absolute Gasteiger partial charge is 0.398 e. The van der Waals surface area contributed by atoms with Crippen molar-refractivity contribution >= 4 is 28.9 Å². The Kier molecular flexibility index (Phi) is 4.07. The van der Waals surface area contributed by atoms with E-state index in [-0.39, 0.29) is 0 Å². The average Bonchev–Trinajstić information content (AvgIpc) is 2.32. The summed E-state index contributed by atoms with van der Waals surface area (Å²) in [7, 11) is 0. The zero-order valence-electron chi connectivity index (χ0n) is 9.48. The molecule has 3 N–H and O–H groups in total. The fraction of sp³-hybridized carbons (Fsp3) is 0.154. The summed E-state index contributed by atoms with van der Waals surface area (Å²) in [4.78, 5) is 3.90. The first-order valence-corrected chi connectivity index (χ1v) is 6.15. The summed E-state index contributed by atoms with van der Waals surface area (Å²) in [5, 5.41) is 11.2. The molecule has 1 atom stereocenters. The molecule has 18 heavy (non-hydrogen) atoms. The van der Waals surface area contributed by atoms with Crippen LogP contribution in [0.1, 0.15) is 17.2 Å². The Morgan fingerprint density at radius 3 is 2.72 bits per heavy atom. The van der Waals surface area contributed by atoms with Crippen molar-refractivity contribution in [3.63, 3.8) is 0 Å². The number of aliphatic hydroxyl groups is 1. The second-order valence-corrected chi connectivity index (χ2v) is 4.80. The predicted molar refractivity (Wildman–Crippen MR) is 73.8 cm³/mol. The molecule has 0 aliphatic rings. The third-order valence-corrected chi connectivity index (χ3v) is 3.25. The summed E-state index contributed by atoms with van der Waals surface area (Å²) in [6.07, 6.45) is 2.85. The Hall–Kier alpha value is -1.29. The number of benzene rings is 1. The molecular formula is C13H12Cl2N2O. The summed E-state index contributed by atoms with van der Waals surface area (Å²) in [6, 6.07) is 6.81. The highest BCUT2D eigenvalue weighted by atomic mass is 35.5. The lowest BCUT2D eigenvalue weighted by Gasteiger charge is -2.14. The number of nitrogens with two attached hydrogens (primary N) is 1. The molecule has 0 saturated carbocycles. The summed E-state index contributed by atoms with van der Waals surface area (Å²) in [6.45, 7) is 0. The zero-order chi connectivity index (χ0) is 13.1. The van der Waals surface area contributed by atoms with E-state index in [1.54, 1.807) is 36.7 Å². The van der Waals surface area contributed by atoms with Gasteiger partial charge < -0.3 is 10.8 Å². The van der Waals surface area contributed by atoms with Crippen molar-refractivity contribution in [3.8, 4) is 0 Å². The van der Waals surface area contributed by atoms with Crippen LogP contribution < -0.4 is 5.73 Å². The minimum Gasteiger partial charge on any atom is -0.398 e. The van der Waals surface area contributed by atoms with Crippen molar-refractivity contribution in [1.82, 2.24) is 4.98 Å². The number of pyridine rings is 1. The van der Waals surface area contributed by atoms with Crippen molar-refractivity contribution in [2.45, 2.75) is 12.5 Å². The van der Waals surface area contributed by atoms with Gasteiger partial charge in [0.05, 0.1) is 11.1 Å². The fourth-order valence-corrected chi connectivity index (χ4v) is 2.11. The zero-order valence-corrected chi connectivity index (χ0v) is 11.0. The second kappa shape index (κ2) is 5.57. The molecule has 1 unspecified atom stereocenters. The van der Waals surface area contributed by atoms with Gasteiger partial charge in [-0.15, -0.1) is 0 Å². The molecule has 1 heterocycles. The van der Waals surface area contributed by atoms with Crippen LogP contribution in [0.4, 0.5) is 5.69 Å². The molecule has 0 spiro atoms. The molecule has 0 saturated heterocycles. The molecule has 2 rings (SSSR count). The fourth-order valence-electron chi connectivity index (χ4n) is 1.74. The predicted octanol–water partition coefficient (Wildman–Crippen LogP) is 3.25. The summed E-state index contributed by atoms with van der Waals surface area (Å²) < 4.78 is 0. The van der Waals surface area contributed by atoms with Crippen LogP contribution in [0.5, 0.6) is 0 Å². The molecule has 0 aliphatic carbocycles. The molecule has 0 bridgehead atoms. The van der Waals surface area contributed by atoms with E-state index in [0.717, 1.165) is 5.56 Å². The van der Waals surface area contributed by atoms with Crippen molar-refractivity contribution in [2.24, 2.45) is 0 Å². The molecule has 2 aromatic rings. The van der Waals surface area contributed by atoms with Crippen molar-refractivity contribution < 1.29 is 5.11 Å². The Labute approximate surface area is 115 Å². The number of hydrogen-bond acceptors (Lipinski definition) is 3. The monoisotopic (exact) mass is 282 g/mol. The molecule has 1 aromatic carbocycles. The van der Waals surface area contributed by atoms with Crippen molar-refractivity contribution in [3.05, 3.63) is 57.8 Å². The Morgan fingerprint density at radius 1 is 1.28 bits per heavy atom. The summed E-state index contributed by atoms with van der Waals surface area (Å²) in [5.41, 5.74) is 7.77. The highest BCUT2D eigenvalue weighted by molar-refractivity contribution is 6.31. The smallest absolute Gasteiger partial charge is 0.0850 e. The van der Waals surface area contributed by atoms with E-state index in [0.29, 0.717) is 27.7 Å². The van der Waals surface area contributed by atoms with Crippen LogP contribution in [0.25, 0.3) is 0 Å². The van der Waals surface area contributed by atoms with Gasteiger partial charge in [-0.25, -0.2) is 0 Å². The van der Waals surface area contributed by atoms with E-state index in [4.69, 9.17) is 28.9 Å². The lowest BCUT2D eigenvalue weighted by atomic mass is 10.0. The highest BCUT2D eigenvalue weighted by Gasteiger charge is 2.13. The van der Waals surface area contributed by atoms with Gasteiger partial charge in [0.15, 0.2) is 0 Å². The number of halogens is 2. The normalized spacial score (nSPS) is 12.4. The van der Waals surface area contributed by atoms with Gasteiger partial charge in [-0.1, -0.05) is 29.3 Å². The number of aromatic nitrogens is 1. The average molecular weight is 283 g/mol. The van der Waals surface area contributed by atoms with Gasteiger partial charge in [0, 0.05) is 35.1 Å². The van der Waals surface area contributed by atoms with E-state index >= 15 is 0 Å². The van der Waals surface area contributed by atoms with Crippen LogP contribution in [0.15, 0.2) is 36.7 Å². The van der Waals surface area contributed by atoms with Crippen LogP contribution in [0, 0.1) is 0 Å². The van der Waals surface area contributed by atoms with Crippen LogP contribution in [0.3, 0.4) is 0 Å². The van der Waals surface area contributed by atoms with Gasteiger partial charge in [-0.05, 0) is 23.8 Å². The van der Waals surface area contributed by atoms with Crippen LogP contribution in [-0.4, -0.2) is 10.1 Å². The number of hydrogen-bond donors (Lipinski definition) is 2. The molecular weight excluding hydrogens is 271 g/mol. The third kappa shape index (κ3) is 2.93.